The van der Waals surface area contributed by atoms with Gasteiger partial charge in [0.2, 0.25) is 0 Å². The Kier molecular flexibility index (Phi) is 4.47. The van der Waals surface area contributed by atoms with E-state index in [0.717, 1.165) is 5.56 Å². The average Bonchev–Trinajstić information content (AvgIpc) is 2.27. The van der Waals surface area contributed by atoms with Gasteiger partial charge in [0, 0.05) is 6.20 Å². The lowest BCUT2D eigenvalue weighted by atomic mass is 9.87. The van der Waals surface area contributed by atoms with Crippen LogP contribution in [-0.2, 0) is 4.79 Å². The van der Waals surface area contributed by atoms with E-state index < -0.39 is 23.5 Å². The maximum atomic E-state index is 11.8. The topological polar surface area (TPSA) is 91.3 Å². The minimum atomic E-state index is -1.06. The molecule has 1 aromatic heterocycles. The van der Waals surface area contributed by atoms with Crippen LogP contribution in [0.25, 0.3) is 0 Å². The zero-order valence-electron chi connectivity index (χ0n) is 11.5. The molecule has 2 amide bonds. The molecule has 1 heterocycles. The minimum Gasteiger partial charge on any atom is -0.480 e. The molecule has 0 saturated heterocycles. The molecule has 1 rings (SSSR count). The number of aryl methyl sites for hydroxylation is 1. The fourth-order valence-electron chi connectivity index (χ4n) is 1.53. The molecule has 0 aromatic carbocycles. The highest BCUT2D eigenvalue weighted by Gasteiger charge is 2.32. The summed E-state index contributed by atoms with van der Waals surface area (Å²) < 4.78 is 0. The van der Waals surface area contributed by atoms with Gasteiger partial charge in [-0.25, -0.2) is 9.59 Å². The first-order chi connectivity index (χ1) is 8.71. The minimum absolute atomic E-state index is 0.554. The molecule has 19 heavy (non-hydrogen) atoms. The zero-order chi connectivity index (χ0) is 14.6. The van der Waals surface area contributed by atoms with Crippen molar-refractivity contribution in [2.24, 2.45) is 5.41 Å². The molecule has 1 aromatic rings. The monoisotopic (exact) mass is 265 g/mol. The van der Waals surface area contributed by atoms with E-state index in [-0.39, 0.29) is 0 Å². The highest BCUT2D eigenvalue weighted by Crippen LogP contribution is 2.19. The predicted octanol–water partition coefficient (Wildman–Crippen LogP) is 2.01. The summed E-state index contributed by atoms with van der Waals surface area (Å²) in [5, 5.41) is 14.2. The van der Waals surface area contributed by atoms with E-state index in [0.29, 0.717) is 5.69 Å². The largest absolute Gasteiger partial charge is 0.480 e. The lowest BCUT2D eigenvalue weighted by Crippen LogP contribution is -2.50. The molecule has 104 valence electrons. The zero-order valence-corrected chi connectivity index (χ0v) is 11.5. The summed E-state index contributed by atoms with van der Waals surface area (Å²) in [6.45, 7) is 7.08. The van der Waals surface area contributed by atoms with Crippen LogP contribution in [0.1, 0.15) is 26.3 Å². The van der Waals surface area contributed by atoms with Crippen molar-refractivity contribution in [2.45, 2.75) is 33.7 Å². The Bertz CT molecular complexity index is 480. The van der Waals surface area contributed by atoms with E-state index in [1.807, 2.05) is 6.92 Å². The summed E-state index contributed by atoms with van der Waals surface area (Å²) in [6, 6.07) is 0.233. The first kappa shape index (κ1) is 14.9. The van der Waals surface area contributed by atoms with Crippen LogP contribution in [-0.4, -0.2) is 28.1 Å². The lowest BCUT2D eigenvalue weighted by molar-refractivity contribution is -0.141. The molecular weight excluding hydrogens is 246 g/mol. The van der Waals surface area contributed by atoms with Gasteiger partial charge in [0.25, 0.3) is 0 Å². The molecular formula is C13H19N3O3. The molecule has 0 spiro atoms. The van der Waals surface area contributed by atoms with Crippen molar-refractivity contribution in [3.63, 3.8) is 0 Å². The van der Waals surface area contributed by atoms with Gasteiger partial charge in [-0.3, -0.25) is 4.98 Å². The molecule has 6 heteroatoms. The van der Waals surface area contributed by atoms with E-state index in [1.165, 1.54) is 6.20 Å². The number of hydrogen-bond acceptors (Lipinski definition) is 3. The van der Waals surface area contributed by atoms with Crippen molar-refractivity contribution < 1.29 is 14.7 Å². The Morgan fingerprint density at radius 2 is 2.00 bits per heavy atom. The van der Waals surface area contributed by atoms with E-state index in [2.05, 4.69) is 15.6 Å². The molecule has 6 nitrogen and oxygen atoms in total. The summed E-state index contributed by atoms with van der Waals surface area (Å²) >= 11 is 0. The maximum Gasteiger partial charge on any atom is 0.326 e. The molecule has 0 aliphatic rings. The summed E-state index contributed by atoms with van der Waals surface area (Å²) in [5.74, 6) is -1.06. The second-order valence-electron chi connectivity index (χ2n) is 5.43. The first-order valence-corrected chi connectivity index (χ1v) is 5.92. The smallest absolute Gasteiger partial charge is 0.326 e. The number of carboxylic acid groups (broad SMARTS) is 1. The second kappa shape index (κ2) is 5.69. The number of amides is 2. The van der Waals surface area contributed by atoms with E-state index in [9.17, 15) is 9.59 Å². The Labute approximate surface area is 112 Å². The molecule has 3 N–H and O–H groups in total. The van der Waals surface area contributed by atoms with Gasteiger partial charge in [-0.15, -0.1) is 0 Å². The standard InChI is InChI=1S/C13H19N3O3/c1-8-5-6-14-7-9(8)15-12(19)16-10(11(17)18)13(2,3)4/h5-7,10H,1-4H3,(H,17,18)(H2,15,16,19). The second-order valence-corrected chi connectivity index (χ2v) is 5.43. The van der Waals surface area contributed by atoms with Crippen LogP contribution in [0.2, 0.25) is 0 Å². The normalized spacial score (nSPS) is 12.6. The van der Waals surface area contributed by atoms with Crippen LogP contribution in [0, 0.1) is 12.3 Å². The van der Waals surface area contributed by atoms with E-state index in [1.54, 1.807) is 33.0 Å². The Balaban J connectivity index is 2.75. The summed E-state index contributed by atoms with van der Waals surface area (Å²) in [7, 11) is 0. The predicted molar refractivity (Wildman–Crippen MR) is 72.0 cm³/mol. The number of carboxylic acids is 1. The molecule has 1 unspecified atom stereocenters. The van der Waals surface area contributed by atoms with E-state index >= 15 is 0 Å². The third-order valence-corrected chi connectivity index (χ3v) is 2.68. The number of carbonyl (C=O) groups is 2. The van der Waals surface area contributed by atoms with Crippen molar-refractivity contribution in [3.05, 3.63) is 24.0 Å². The Morgan fingerprint density at radius 3 is 2.47 bits per heavy atom. The highest BCUT2D eigenvalue weighted by atomic mass is 16.4. The van der Waals surface area contributed by atoms with Crippen LogP contribution >= 0.6 is 0 Å². The number of nitrogens with one attached hydrogen (secondary N) is 2. The molecule has 1 atom stereocenters. The molecule has 0 bridgehead atoms. The number of pyridine rings is 1. The van der Waals surface area contributed by atoms with Crippen LogP contribution in [0.4, 0.5) is 10.5 Å². The first-order valence-electron chi connectivity index (χ1n) is 5.92. The van der Waals surface area contributed by atoms with Gasteiger partial charge in [0.05, 0.1) is 11.9 Å². The number of carbonyl (C=O) groups excluding carboxylic acids is 1. The summed E-state index contributed by atoms with van der Waals surface area (Å²) in [5.41, 5.74) is 0.832. The Hall–Kier alpha value is -2.11. The highest BCUT2D eigenvalue weighted by molar-refractivity contribution is 5.92. The quantitative estimate of drug-likeness (QED) is 0.779. The summed E-state index contributed by atoms with van der Waals surface area (Å²) in [6.07, 6.45) is 3.13. The SMILES string of the molecule is Cc1ccncc1NC(=O)NC(C(=O)O)C(C)(C)C. The van der Waals surface area contributed by atoms with Gasteiger partial charge in [-0.05, 0) is 24.0 Å². The number of urea groups is 1. The van der Waals surface area contributed by atoms with Gasteiger partial charge in [-0.1, -0.05) is 20.8 Å². The van der Waals surface area contributed by atoms with Crippen molar-refractivity contribution in [1.29, 1.82) is 0 Å². The molecule has 0 saturated carbocycles. The van der Waals surface area contributed by atoms with E-state index in [4.69, 9.17) is 5.11 Å². The van der Waals surface area contributed by atoms with Gasteiger partial charge < -0.3 is 15.7 Å². The van der Waals surface area contributed by atoms with Crippen molar-refractivity contribution in [3.8, 4) is 0 Å². The molecule has 0 aliphatic heterocycles. The number of hydrogen-bond donors (Lipinski definition) is 3. The number of rotatable bonds is 3. The third kappa shape index (κ3) is 4.24. The fraction of sp³-hybridized carbons (Fsp3) is 0.462. The average molecular weight is 265 g/mol. The maximum absolute atomic E-state index is 11.8. The fourth-order valence-corrected chi connectivity index (χ4v) is 1.53. The number of nitrogens with zero attached hydrogens (tertiary/aromatic N) is 1. The Morgan fingerprint density at radius 1 is 1.37 bits per heavy atom. The van der Waals surface area contributed by atoms with Crippen molar-refractivity contribution in [2.75, 3.05) is 5.32 Å². The molecule has 0 fully saturated rings. The van der Waals surface area contributed by atoms with Crippen molar-refractivity contribution >= 4 is 17.7 Å². The molecule has 0 aliphatic carbocycles. The number of aliphatic carboxylic acids is 1. The van der Waals surface area contributed by atoms with Crippen LogP contribution < -0.4 is 10.6 Å². The number of aromatic nitrogens is 1. The number of anilines is 1. The van der Waals surface area contributed by atoms with Crippen LogP contribution in [0.5, 0.6) is 0 Å². The third-order valence-electron chi connectivity index (χ3n) is 2.68. The van der Waals surface area contributed by atoms with Crippen molar-refractivity contribution in [1.82, 2.24) is 10.3 Å². The lowest BCUT2D eigenvalue weighted by Gasteiger charge is -2.27. The summed E-state index contributed by atoms with van der Waals surface area (Å²) in [4.78, 5) is 26.9. The van der Waals surface area contributed by atoms with Gasteiger partial charge in [-0.2, -0.15) is 0 Å². The molecule has 0 radical (unpaired) electrons. The van der Waals surface area contributed by atoms with Gasteiger partial charge in [0.15, 0.2) is 0 Å². The van der Waals surface area contributed by atoms with Gasteiger partial charge >= 0.3 is 12.0 Å². The van der Waals surface area contributed by atoms with Gasteiger partial charge in [0.1, 0.15) is 6.04 Å². The van der Waals surface area contributed by atoms with Crippen LogP contribution in [0.3, 0.4) is 0 Å². The van der Waals surface area contributed by atoms with Crippen LogP contribution in [0.15, 0.2) is 18.5 Å².